The first-order valence-electron chi connectivity index (χ1n) is 7.40. The van der Waals surface area contributed by atoms with Crippen molar-refractivity contribution in [3.63, 3.8) is 0 Å². The van der Waals surface area contributed by atoms with Crippen molar-refractivity contribution in [2.75, 3.05) is 19.8 Å². The molecule has 0 aromatic heterocycles. The van der Waals surface area contributed by atoms with Crippen molar-refractivity contribution in [3.8, 4) is 0 Å². The van der Waals surface area contributed by atoms with Gasteiger partial charge in [0.1, 0.15) is 5.82 Å². The molecule has 6 heteroatoms. The van der Waals surface area contributed by atoms with Gasteiger partial charge in [-0.1, -0.05) is 24.3 Å². The fourth-order valence-corrected chi connectivity index (χ4v) is 4.42. The molecule has 1 aliphatic heterocycles. The van der Waals surface area contributed by atoms with Crippen LogP contribution in [0.4, 0.5) is 4.39 Å². The van der Waals surface area contributed by atoms with Crippen molar-refractivity contribution in [3.05, 3.63) is 65.5 Å². The summed E-state index contributed by atoms with van der Waals surface area (Å²) in [6.07, 6.45) is 0. The summed E-state index contributed by atoms with van der Waals surface area (Å²) in [6, 6.07) is 12.3. The van der Waals surface area contributed by atoms with Crippen molar-refractivity contribution in [1.29, 1.82) is 0 Å². The number of morpholine rings is 1. The highest BCUT2D eigenvalue weighted by Crippen LogP contribution is 2.30. The van der Waals surface area contributed by atoms with Crippen molar-refractivity contribution in [1.82, 2.24) is 4.31 Å². The average molecular weight is 335 g/mol. The van der Waals surface area contributed by atoms with Crippen molar-refractivity contribution >= 4 is 10.0 Å². The Labute approximate surface area is 135 Å². The SMILES string of the molecule is Cc1cccc(S(=O)(=O)N2CCOCC2c2ccc(F)cc2)c1. The van der Waals surface area contributed by atoms with Gasteiger partial charge in [0, 0.05) is 6.54 Å². The highest BCUT2D eigenvalue weighted by Gasteiger charge is 2.35. The summed E-state index contributed by atoms with van der Waals surface area (Å²) in [4.78, 5) is 0.270. The predicted octanol–water partition coefficient (Wildman–Crippen LogP) is 2.90. The summed E-state index contributed by atoms with van der Waals surface area (Å²) >= 11 is 0. The summed E-state index contributed by atoms with van der Waals surface area (Å²) in [5.74, 6) is -0.349. The van der Waals surface area contributed by atoms with E-state index in [1.165, 1.54) is 16.4 Å². The number of rotatable bonds is 3. The molecule has 1 unspecified atom stereocenters. The van der Waals surface area contributed by atoms with E-state index in [9.17, 15) is 12.8 Å². The van der Waals surface area contributed by atoms with Crippen LogP contribution in [0.2, 0.25) is 0 Å². The lowest BCUT2D eigenvalue weighted by Gasteiger charge is -2.34. The van der Waals surface area contributed by atoms with E-state index in [4.69, 9.17) is 4.74 Å². The highest BCUT2D eigenvalue weighted by atomic mass is 32.2. The Hall–Kier alpha value is -1.76. The van der Waals surface area contributed by atoms with Crippen LogP contribution >= 0.6 is 0 Å². The molecule has 122 valence electrons. The standard InChI is InChI=1S/C17H18FNO3S/c1-13-3-2-4-16(11-13)23(20,21)19-9-10-22-12-17(19)14-5-7-15(18)8-6-14/h2-8,11,17H,9-10,12H2,1H3. The van der Waals surface area contributed by atoms with Crippen LogP contribution in [0, 0.1) is 12.7 Å². The normalized spacial score (nSPS) is 19.7. The van der Waals surface area contributed by atoms with E-state index in [1.54, 1.807) is 30.3 Å². The molecular weight excluding hydrogens is 317 g/mol. The zero-order chi connectivity index (χ0) is 16.4. The van der Waals surface area contributed by atoms with Crippen molar-refractivity contribution in [2.45, 2.75) is 17.9 Å². The Morgan fingerprint density at radius 2 is 1.91 bits per heavy atom. The molecule has 23 heavy (non-hydrogen) atoms. The van der Waals surface area contributed by atoms with Crippen molar-refractivity contribution in [2.24, 2.45) is 0 Å². The minimum absolute atomic E-state index is 0.261. The third-order valence-electron chi connectivity index (χ3n) is 3.93. The maximum absolute atomic E-state index is 13.1. The largest absolute Gasteiger partial charge is 0.378 e. The van der Waals surface area contributed by atoms with Crippen molar-refractivity contribution < 1.29 is 17.5 Å². The Kier molecular flexibility index (Phi) is 4.48. The van der Waals surface area contributed by atoms with Gasteiger partial charge in [-0.25, -0.2) is 12.8 Å². The Morgan fingerprint density at radius 3 is 2.61 bits per heavy atom. The smallest absolute Gasteiger partial charge is 0.243 e. The summed E-state index contributed by atoms with van der Waals surface area (Å²) in [6.45, 7) is 2.74. The number of hydrogen-bond donors (Lipinski definition) is 0. The van der Waals surface area contributed by atoms with Gasteiger partial charge in [-0.2, -0.15) is 4.31 Å². The van der Waals surface area contributed by atoms with Crippen LogP contribution in [0.5, 0.6) is 0 Å². The van der Waals surface area contributed by atoms with Crippen LogP contribution in [-0.2, 0) is 14.8 Å². The maximum atomic E-state index is 13.1. The molecule has 1 fully saturated rings. The first-order valence-corrected chi connectivity index (χ1v) is 8.84. The zero-order valence-corrected chi connectivity index (χ0v) is 13.6. The van der Waals surface area contributed by atoms with Crippen LogP contribution in [0.1, 0.15) is 17.2 Å². The maximum Gasteiger partial charge on any atom is 0.243 e. The zero-order valence-electron chi connectivity index (χ0n) is 12.8. The first kappa shape index (κ1) is 16.1. The highest BCUT2D eigenvalue weighted by molar-refractivity contribution is 7.89. The second kappa shape index (κ2) is 6.39. The molecule has 1 atom stereocenters. The number of halogens is 1. The molecule has 4 nitrogen and oxygen atoms in total. The quantitative estimate of drug-likeness (QED) is 0.866. The van der Waals surface area contributed by atoms with Gasteiger partial charge in [0.2, 0.25) is 10.0 Å². The van der Waals surface area contributed by atoms with Gasteiger partial charge in [0.15, 0.2) is 0 Å². The Balaban J connectivity index is 1.99. The average Bonchev–Trinajstić information content (AvgIpc) is 2.55. The fraction of sp³-hybridized carbons (Fsp3) is 0.294. The second-order valence-electron chi connectivity index (χ2n) is 5.57. The summed E-state index contributed by atoms with van der Waals surface area (Å²) in [5.41, 5.74) is 1.61. The van der Waals surface area contributed by atoms with Gasteiger partial charge < -0.3 is 4.74 Å². The molecule has 0 amide bonds. The van der Waals surface area contributed by atoms with Gasteiger partial charge in [0.25, 0.3) is 0 Å². The molecular formula is C17H18FNO3S. The van der Waals surface area contributed by atoms with Crippen LogP contribution in [0.15, 0.2) is 53.4 Å². The van der Waals surface area contributed by atoms with E-state index in [0.717, 1.165) is 11.1 Å². The number of sulfonamides is 1. The van der Waals surface area contributed by atoms with E-state index in [0.29, 0.717) is 6.61 Å². The van der Waals surface area contributed by atoms with Crippen LogP contribution < -0.4 is 0 Å². The number of hydrogen-bond acceptors (Lipinski definition) is 3. The minimum atomic E-state index is -3.63. The third-order valence-corrected chi connectivity index (χ3v) is 5.83. The topological polar surface area (TPSA) is 46.6 Å². The number of nitrogens with zero attached hydrogens (tertiary/aromatic N) is 1. The molecule has 3 rings (SSSR count). The van der Waals surface area contributed by atoms with E-state index in [-0.39, 0.29) is 23.9 Å². The lowest BCUT2D eigenvalue weighted by atomic mass is 10.1. The molecule has 0 bridgehead atoms. The molecule has 1 heterocycles. The van der Waals surface area contributed by atoms with Gasteiger partial charge in [-0.05, 0) is 42.3 Å². The molecule has 2 aromatic rings. The summed E-state index contributed by atoms with van der Waals surface area (Å²) in [7, 11) is -3.63. The van der Waals surface area contributed by atoms with Crippen LogP contribution in [-0.4, -0.2) is 32.5 Å². The molecule has 0 radical (unpaired) electrons. The Morgan fingerprint density at radius 1 is 1.17 bits per heavy atom. The first-order chi connectivity index (χ1) is 11.0. The molecule has 0 aliphatic carbocycles. The molecule has 0 spiro atoms. The lowest BCUT2D eigenvalue weighted by molar-refractivity contribution is 0.0320. The van der Waals surface area contributed by atoms with Crippen LogP contribution in [0.3, 0.4) is 0 Å². The minimum Gasteiger partial charge on any atom is -0.378 e. The second-order valence-corrected chi connectivity index (χ2v) is 7.47. The number of ether oxygens (including phenoxy) is 1. The van der Waals surface area contributed by atoms with E-state index in [2.05, 4.69) is 0 Å². The van der Waals surface area contributed by atoms with E-state index < -0.39 is 16.1 Å². The molecule has 1 saturated heterocycles. The van der Waals surface area contributed by atoms with Gasteiger partial charge in [0.05, 0.1) is 24.2 Å². The lowest BCUT2D eigenvalue weighted by Crippen LogP contribution is -2.43. The van der Waals surface area contributed by atoms with Crippen LogP contribution in [0.25, 0.3) is 0 Å². The Bertz CT molecular complexity index is 790. The third kappa shape index (κ3) is 3.29. The molecule has 0 N–H and O–H groups in total. The van der Waals surface area contributed by atoms with E-state index in [1.807, 2.05) is 13.0 Å². The predicted molar refractivity (Wildman–Crippen MR) is 85.0 cm³/mol. The molecule has 1 aliphatic rings. The molecule has 2 aromatic carbocycles. The summed E-state index contributed by atoms with van der Waals surface area (Å²) < 4.78 is 46.0. The monoisotopic (exact) mass is 335 g/mol. The molecule has 0 saturated carbocycles. The number of benzene rings is 2. The van der Waals surface area contributed by atoms with Gasteiger partial charge >= 0.3 is 0 Å². The van der Waals surface area contributed by atoms with Gasteiger partial charge in [-0.15, -0.1) is 0 Å². The number of aryl methyl sites for hydroxylation is 1. The summed E-state index contributed by atoms with van der Waals surface area (Å²) in [5, 5.41) is 0. The van der Waals surface area contributed by atoms with Gasteiger partial charge in [-0.3, -0.25) is 0 Å². The van der Waals surface area contributed by atoms with E-state index >= 15 is 0 Å². The fourth-order valence-electron chi connectivity index (χ4n) is 2.73.